The molecule has 1 heterocycles. The van der Waals surface area contributed by atoms with Gasteiger partial charge in [-0.25, -0.2) is 4.79 Å². The monoisotopic (exact) mass is 333 g/mol. The van der Waals surface area contributed by atoms with E-state index in [4.69, 9.17) is 0 Å². The molecule has 0 aliphatic heterocycles. The Kier molecular flexibility index (Phi) is 6.04. The molecule has 0 fully saturated rings. The number of thioether (sulfide) groups is 1. The third-order valence-corrected chi connectivity index (χ3v) is 4.83. The van der Waals surface area contributed by atoms with Gasteiger partial charge in [-0.3, -0.25) is 0 Å². The molecule has 2 N–H and O–H groups in total. The Balaban J connectivity index is 1.91. The normalized spacial score (nSPS) is 12.0. The molecule has 6 nitrogen and oxygen atoms in total. The lowest BCUT2D eigenvalue weighted by Crippen LogP contribution is -2.29. The summed E-state index contributed by atoms with van der Waals surface area (Å²) in [4.78, 5) is 13.2. The quantitative estimate of drug-likeness (QED) is 0.795. The van der Waals surface area contributed by atoms with Crippen molar-refractivity contribution in [2.24, 2.45) is 7.05 Å². The van der Waals surface area contributed by atoms with Crippen molar-refractivity contribution >= 4 is 23.5 Å². The van der Waals surface area contributed by atoms with E-state index in [-0.39, 0.29) is 6.03 Å². The number of carbonyl (C=O) groups excluding carboxylic acids is 1. The summed E-state index contributed by atoms with van der Waals surface area (Å²) < 4.78 is 1.77. The predicted molar refractivity (Wildman–Crippen MR) is 93.7 cm³/mol. The number of nitrogens with one attached hydrogen (secondary N) is 2. The molecule has 1 aromatic carbocycles. The summed E-state index contributed by atoms with van der Waals surface area (Å²) in [6.45, 7) is 6.73. The van der Waals surface area contributed by atoms with Crippen LogP contribution in [-0.2, 0) is 13.6 Å². The molecule has 0 aliphatic rings. The highest BCUT2D eigenvalue weighted by Gasteiger charge is 2.08. The van der Waals surface area contributed by atoms with E-state index in [1.165, 1.54) is 4.90 Å². The van der Waals surface area contributed by atoms with Crippen LogP contribution < -0.4 is 10.6 Å². The van der Waals surface area contributed by atoms with Gasteiger partial charge in [-0.05, 0) is 37.1 Å². The lowest BCUT2D eigenvalue weighted by atomic mass is 10.2. The number of hydrogen-bond donors (Lipinski definition) is 2. The summed E-state index contributed by atoms with van der Waals surface area (Å²) >= 11 is 1.85. The minimum absolute atomic E-state index is 0.251. The van der Waals surface area contributed by atoms with Gasteiger partial charge in [0.25, 0.3) is 0 Å². The van der Waals surface area contributed by atoms with Gasteiger partial charge >= 0.3 is 6.03 Å². The van der Waals surface area contributed by atoms with E-state index in [0.717, 1.165) is 17.7 Å². The van der Waals surface area contributed by atoms with Crippen molar-refractivity contribution in [3.63, 3.8) is 0 Å². The highest BCUT2D eigenvalue weighted by molar-refractivity contribution is 7.99. The van der Waals surface area contributed by atoms with E-state index < -0.39 is 0 Å². The number of aromatic nitrogens is 3. The van der Waals surface area contributed by atoms with Gasteiger partial charge in [0.2, 0.25) is 0 Å². The Morgan fingerprint density at radius 3 is 2.83 bits per heavy atom. The second-order valence-corrected chi connectivity index (χ2v) is 6.99. The van der Waals surface area contributed by atoms with Crippen molar-refractivity contribution in [2.45, 2.75) is 43.9 Å². The first kappa shape index (κ1) is 17.3. The number of amides is 2. The summed E-state index contributed by atoms with van der Waals surface area (Å²) in [5, 5.41) is 13.9. The molecule has 1 aromatic heterocycles. The molecule has 2 aromatic rings. The fourth-order valence-electron chi connectivity index (χ4n) is 1.96. The minimum atomic E-state index is -0.251. The molecule has 2 rings (SSSR count). The van der Waals surface area contributed by atoms with Gasteiger partial charge in [-0.15, -0.1) is 22.0 Å². The molecule has 0 bridgehead atoms. The summed E-state index contributed by atoms with van der Waals surface area (Å²) in [7, 11) is 1.84. The van der Waals surface area contributed by atoms with Crippen LogP contribution in [0.5, 0.6) is 0 Å². The molecule has 0 aliphatic carbocycles. The van der Waals surface area contributed by atoms with E-state index in [2.05, 4.69) is 40.7 Å². The summed E-state index contributed by atoms with van der Waals surface area (Å²) in [6, 6.07) is 5.84. The molecule has 1 atom stereocenters. The number of carbonyl (C=O) groups is 1. The second-order valence-electron chi connectivity index (χ2n) is 5.48. The van der Waals surface area contributed by atoms with E-state index in [9.17, 15) is 4.79 Å². The van der Waals surface area contributed by atoms with Crippen LogP contribution in [0.2, 0.25) is 0 Å². The first-order valence-corrected chi connectivity index (χ1v) is 8.52. The second kappa shape index (κ2) is 8.01. The van der Waals surface area contributed by atoms with Crippen molar-refractivity contribution in [3.8, 4) is 0 Å². The van der Waals surface area contributed by atoms with Gasteiger partial charge in [0.05, 0.1) is 6.54 Å². The molecule has 0 spiro atoms. The first-order chi connectivity index (χ1) is 11.0. The molecular weight excluding hydrogens is 310 g/mol. The van der Waals surface area contributed by atoms with E-state index >= 15 is 0 Å². The maximum absolute atomic E-state index is 12.0. The summed E-state index contributed by atoms with van der Waals surface area (Å²) in [5.74, 6) is 0.706. The third-order valence-electron chi connectivity index (χ3n) is 3.57. The van der Waals surface area contributed by atoms with Gasteiger partial charge in [-0.2, -0.15) is 0 Å². The lowest BCUT2D eigenvalue weighted by molar-refractivity contribution is 0.251. The minimum Gasteiger partial charge on any atom is -0.331 e. The topological polar surface area (TPSA) is 71.8 Å². The number of hydrogen-bond acceptors (Lipinski definition) is 4. The van der Waals surface area contributed by atoms with Gasteiger partial charge in [0.15, 0.2) is 5.82 Å². The van der Waals surface area contributed by atoms with Crippen LogP contribution in [0, 0.1) is 6.92 Å². The van der Waals surface area contributed by atoms with Crippen molar-refractivity contribution < 1.29 is 4.79 Å². The fraction of sp³-hybridized carbons (Fsp3) is 0.438. The van der Waals surface area contributed by atoms with Crippen LogP contribution >= 0.6 is 11.8 Å². The van der Waals surface area contributed by atoms with Crippen LogP contribution in [0.1, 0.15) is 31.7 Å². The smallest absolute Gasteiger partial charge is 0.319 e. The molecule has 2 amide bonds. The number of anilines is 1. The van der Waals surface area contributed by atoms with E-state index in [1.807, 2.05) is 37.9 Å². The highest BCUT2D eigenvalue weighted by atomic mass is 32.2. The SMILES string of the molecule is CC[C@H](C)Sc1ccc(NC(=O)NCc2nncn2C)c(C)c1. The molecule has 124 valence electrons. The Morgan fingerprint density at radius 1 is 1.43 bits per heavy atom. The summed E-state index contributed by atoms with van der Waals surface area (Å²) in [6.07, 6.45) is 2.74. The first-order valence-electron chi connectivity index (χ1n) is 7.64. The number of rotatable bonds is 6. The van der Waals surface area contributed by atoms with Crippen molar-refractivity contribution in [1.82, 2.24) is 20.1 Å². The maximum atomic E-state index is 12.0. The fourth-order valence-corrected chi connectivity index (χ4v) is 2.98. The Hall–Kier alpha value is -2.02. The lowest BCUT2D eigenvalue weighted by Gasteiger charge is -2.13. The Labute approximate surface area is 141 Å². The molecule has 7 heteroatoms. The van der Waals surface area contributed by atoms with E-state index in [1.54, 1.807) is 10.9 Å². The average Bonchev–Trinajstić information content (AvgIpc) is 2.93. The zero-order valence-electron chi connectivity index (χ0n) is 14.0. The number of urea groups is 1. The molecular formula is C16H23N5OS. The third kappa shape index (κ3) is 4.99. The van der Waals surface area contributed by atoms with Crippen LogP contribution in [-0.4, -0.2) is 26.0 Å². The van der Waals surface area contributed by atoms with E-state index in [0.29, 0.717) is 17.6 Å². The van der Waals surface area contributed by atoms with Gasteiger partial charge in [0, 0.05) is 22.9 Å². The Morgan fingerprint density at radius 2 is 2.22 bits per heavy atom. The Bertz CT molecular complexity index is 670. The van der Waals surface area contributed by atoms with Crippen molar-refractivity contribution in [2.75, 3.05) is 5.32 Å². The standard InChI is InChI=1S/C16H23N5OS/c1-5-12(3)23-13-6-7-14(11(2)8-13)19-16(22)17-9-15-20-18-10-21(15)4/h6-8,10,12H,5,9H2,1-4H3,(H2,17,19,22)/t12-/m0/s1. The van der Waals surface area contributed by atoms with Crippen LogP contribution in [0.25, 0.3) is 0 Å². The molecule has 23 heavy (non-hydrogen) atoms. The predicted octanol–water partition coefficient (Wildman–Crippen LogP) is 3.34. The van der Waals surface area contributed by atoms with Crippen LogP contribution in [0.15, 0.2) is 29.4 Å². The number of nitrogens with zero attached hydrogens (tertiary/aromatic N) is 3. The summed E-state index contributed by atoms with van der Waals surface area (Å²) in [5.41, 5.74) is 1.86. The zero-order chi connectivity index (χ0) is 16.8. The molecule has 0 unspecified atom stereocenters. The molecule has 0 saturated heterocycles. The van der Waals surface area contributed by atoms with Crippen molar-refractivity contribution in [3.05, 3.63) is 35.9 Å². The van der Waals surface area contributed by atoms with Crippen LogP contribution in [0.4, 0.5) is 10.5 Å². The number of aryl methyl sites for hydroxylation is 2. The molecule has 0 saturated carbocycles. The zero-order valence-corrected chi connectivity index (χ0v) is 14.8. The average molecular weight is 333 g/mol. The van der Waals surface area contributed by atoms with Gasteiger partial charge in [-0.1, -0.05) is 13.8 Å². The largest absolute Gasteiger partial charge is 0.331 e. The highest BCUT2D eigenvalue weighted by Crippen LogP contribution is 2.28. The van der Waals surface area contributed by atoms with Gasteiger partial charge < -0.3 is 15.2 Å². The number of benzene rings is 1. The van der Waals surface area contributed by atoms with Crippen molar-refractivity contribution in [1.29, 1.82) is 0 Å². The molecule has 0 radical (unpaired) electrons. The maximum Gasteiger partial charge on any atom is 0.319 e. The van der Waals surface area contributed by atoms with Gasteiger partial charge in [0.1, 0.15) is 6.33 Å². The van der Waals surface area contributed by atoms with Crippen LogP contribution in [0.3, 0.4) is 0 Å².